The van der Waals surface area contributed by atoms with E-state index in [1.54, 1.807) is 6.92 Å². The fraction of sp³-hybridized carbons (Fsp3) is 0.588. The van der Waals surface area contributed by atoms with E-state index in [-0.39, 0.29) is 5.91 Å². The Bertz CT molecular complexity index is 553. The molecule has 5 nitrogen and oxygen atoms in total. The van der Waals surface area contributed by atoms with E-state index >= 15 is 0 Å². The number of anilines is 1. The highest BCUT2D eigenvalue weighted by Gasteiger charge is 2.26. The molecule has 1 atom stereocenters. The van der Waals surface area contributed by atoms with Gasteiger partial charge in [-0.1, -0.05) is 19.4 Å². The van der Waals surface area contributed by atoms with E-state index in [0.717, 1.165) is 57.0 Å². The average molecular weight is 303 g/mol. The number of hydrogen-bond acceptors (Lipinski definition) is 4. The second-order valence-corrected chi connectivity index (χ2v) is 6.16. The molecule has 22 heavy (non-hydrogen) atoms. The summed E-state index contributed by atoms with van der Waals surface area (Å²) in [5.74, 6) is 0.798. The number of fused-ring (bicyclic) bond motifs is 1. The molecule has 120 valence electrons. The van der Waals surface area contributed by atoms with Gasteiger partial charge in [-0.05, 0) is 30.5 Å². The van der Waals surface area contributed by atoms with Crippen LogP contribution in [0.15, 0.2) is 12.1 Å². The van der Waals surface area contributed by atoms with Gasteiger partial charge in [0.25, 0.3) is 5.91 Å². The van der Waals surface area contributed by atoms with E-state index in [9.17, 15) is 4.79 Å². The summed E-state index contributed by atoms with van der Waals surface area (Å²) in [7, 11) is 0. The van der Waals surface area contributed by atoms with E-state index in [2.05, 4.69) is 34.6 Å². The number of nitrogens with one attached hydrogen (secondary N) is 2. The molecule has 0 aliphatic carbocycles. The lowest BCUT2D eigenvalue weighted by Crippen LogP contribution is -2.43. The summed E-state index contributed by atoms with van der Waals surface area (Å²) in [5, 5.41) is 6.37. The van der Waals surface area contributed by atoms with E-state index in [0.29, 0.717) is 0 Å². The third-order valence-corrected chi connectivity index (χ3v) is 4.28. The third-order valence-electron chi connectivity index (χ3n) is 4.28. The van der Waals surface area contributed by atoms with Crippen molar-refractivity contribution in [3.63, 3.8) is 0 Å². The molecule has 2 aliphatic heterocycles. The van der Waals surface area contributed by atoms with Crippen LogP contribution in [0.5, 0.6) is 5.75 Å². The number of carbonyl (C=O) groups excluding carboxylic acids is 1. The normalized spacial score (nSPS) is 21.9. The zero-order valence-electron chi connectivity index (χ0n) is 13.4. The summed E-state index contributed by atoms with van der Waals surface area (Å²) >= 11 is 0. The Kier molecular flexibility index (Phi) is 4.64. The first-order valence-corrected chi connectivity index (χ1v) is 8.23. The highest BCUT2D eigenvalue weighted by molar-refractivity contribution is 5.97. The minimum absolute atomic E-state index is 0.0609. The van der Waals surface area contributed by atoms with Gasteiger partial charge in [-0.15, -0.1) is 0 Å². The number of ether oxygens (including phenoxy) is 1. The highest BCUT2D eigenvalue weighted by atomic mass is 16.5. The maximum Gasteiger partial charge on any atom is 0.265 e. The molecule has 0 bridgehead atoms. The summed E-state index contributed by atoms with van der Waals surface area (Å²) < 4.78 is 5.84. The predicted octanol–water partition coefficient (Wildman–Crippen LogP) is 1.76. The summed E-state index contributed by atoms with van der Waals surface area (Å²) in [6, 6.07) is 4.31. The number of piperazine rings is 1. The molecule has 2 heterocycles. The quantitative estimate of drug-likeness (QED) is 0.890. The molecule has 2 aliphatic rings. The molecule has 1 fully saturated rings. The molecule has 2 N–H and O–H groups in total. The molecule has 0 saturated carbocycles. The molecule has 5 heteroatoms. The molecule has 0 aromatic heterocycles. The Morgan fingerprint density at radius 3 is 2.82 bits per heavy atom. The molecule has 0 radical (unpaired) electrons. The van der Waals surface area contributed by atoms with Crippen LogP contribution in [0.3, 0.4) is 0 Å². The van der Waals surface area contributed by atoms with Crippen molar-refractivity contribution in [2.75, 3.05) is 31.5 Å². The van der Waals surface area contributed by atoms with Gasteiger partial charge in [0.2, 0.25) is 0 Å². The Morgan fingerprint density at radius 1 is 1.32 bits per heavy atom. The summed E-state index contributed by atoms with van der Waals surface area (Å²) in [6.45, 7) is 9.12. The van der Waals surface area contributed by atoms with Crippen molar-refractivity contribution in [3.05, 3.63) is 23.3 Å². The zero-order chi connectivity index (χ0) is 15.5. The number of carbonyl (C=O) groups is 1. The van der Waals surface area contributed by atoms with Crippen molar-refractivity contribution in [1.82, 2.24) is 10.2 Å². The zero-order valence-corrected chi connectivity index (χ0v) is 13.4. The maximum absolute atomic E-state index is 11.9. The van der Waals surface area contributed by atoms with Crippen LogP contribution >= 0.6 is 0 Å². The Balaban J connectivity index is 1.86. The monoisotopic (exact) mass is 303 g/mol. The van der Waals surface area contributed by atoms with Crippen LogP contribution in [0, 0.1) is 0 Å². The fourth-order valence-corrected chi connectivity index (χ4v) is 3.13. The first-order chi connectivity index (χ1) is 10.7. The maximum atomic E-state index is 11.9. The number of rotatable bonds is 4. The van der Waals surface area contributed by atoms with Crippen LogP contribution in [0.2, 0.25) is 0 Å². The lowest BCUT2D eigenvalue weighted by Gasteiger charge is -2.29. The minimum Gasteiger partial charge on any atom is -0.478 e. The molecule has 0 spiro atoms. The van der Waals surface area contributed by atoms with Crippen LogP contribution < -0.4 is 15.4 Å². The highest BCUT2D eigenvalue weighted by Crippen LogP contribution is 2.36. The molecule has 1 saturated heterocycles. The molecule has 1 aromatic rings. The number of hydrogen-bond donors (Lipinski definition) is 2. The van der Waals surface area contributed by atoms with Gasteiger partial charge in [0.05, 0.1) is 5.69 Å². The number of aryl methyl sites for hydroxylation is 1. The number of amides is 1. The standard InChI is InChI=1S/C17H25N3O2/c1-3-4-14-9-13(11-20-7-5-18-6-8-20)10-15-16(14)22-12(2)17(21)19-15/h9-10,12,18H,3-8,11H2,1-2H3,(H,19,21). The summed E-state index contributed by atoms with van der Waals surface area (Å²) in [6.07, 6.45) is 1.62. The fourth-order valence-electron chi connectivity index (χ4n) is 3.13. The van der Waals surface area contributed by atoms with Crippen LogP contribution in [0.25, 0.3) is 0 Å². The van der Waals surface area contributed by atoms with Crippen LogP contribution in [0.4, 0.5) is 5.69 Å². The van der Waals surface area contributed by atoms with Crippen molar-refractivity contribution in [2.45, 2.75) is 39.3 Å². The van der Waals surface area contributed by atoms with Gasteiger partial charge >= 0.3 is 0 Å². The SMILES string of the molecule is CCCc1cc(CN2CCNCC2)cc2c1OC(C)C(=O)N2. The van der Waals surface area contributed by atoms with Crippen LogP contribution in [-0.2, 0) is 17.8 Å². The van der Waals surface area contributed by atoms with E-state index in [1.165, 1.54) is 11.1 Å². The second-order valence-electron chi connectivity index (χ2n) is 6.16. The van der Waals surface area contributed by atoms with Gasteiger partial charge in [-0.3, -0.25) is 9.69 Å². The Morgan fingerprint density at radius 2 is 2.09 bits per heavy atom. The second kappa shape index (κ2) is 6.67. The van der Waals surface area contributed by atoms with Gasteiger partial charge < -0.3 is 15.4 Å². The van der Waals surface area contributed by atoms with Gasteiger partial charge in [0.1, 0.15) is 5.75 Å². The minimum atomic E-state index is -0.415. The molecule has 1 amide bonds. The molecule has 1 unspecified atom stereocenters. The summed E-state index contributed by atoms with van der Waals surface area (Å²) in [5.41, 5.74) is 3.29. The Hall–Kier alpha value is -1.59. The third kappa shape index (κ3) is 3.25. The average Bonchev–Trinajstić information content (AvgIpc) is 2.51. The van der Waals surface area contributed by atoms with Crippen LogP contribution in [-0.4, -0.2) is 43.1 Å². The first-order valence-electron chi connectivity index (χ1n) is 8.23. The van der Waals surface area contributed by atoms with Gasteiger partial charge in [-0.25, -0.2) is 0 Å². The van der Waals surface area contributed by atoms with Crippen molar-refractivity contribution in [2.24, 2.45) is 0 Å². The molecular weight excluding hydrogens is 278 g/mol. The lowest BCUT2D eigenvalue weighted by molar-refractivity contribution is -0.122. The van der Waals surface area contributed by atoms with E-state index in [4.69, 9.17) is 4.74 Å². The van der Waals surface area contributed by atoms with Crippen molar-refractivity contribution < 1.29 is 9.53 Å². The summed E-state index contributed by atoms with van der Waals surface area (Å²) in [4.78, 5) is 14.3. The van der Waals surface area contributed by atoms with Crippen molar-refractivity contribution in [3.8, 4) is 5.75 Å². The van der Waals surface area contributed by atoms with Gasteiger partial charge in [-0.2, -0.15) is 0 Å². The van der Waals surface area contributed by atoms with Crippen molar-refractivity contribution in [1.29, 1.82) is 0 Å². The predicted molar refractivity (Wildman–Crippen MR) is 87.3 cm³/mol. The number of benzene rings is 1. The number of nitrogens with zero attached hydrogens (tertiary/aromatic N) is 1. The van der Waals surface area contributed by atoms with Gasteiger partial charge in [0.15, 0.2) is 6.10 Å². The topological polar surface area (TPSA) is 53.6 Å². The first kappa shape index (κ1) is 15.3. The van der Waals surface area contributed by atoms with Gasteiger partial charge in [0, 0.05) is 32.7 Å². The van der Waals surface area contributed by atoms with Crippen molar-refractivity contribution >= 4 is 11.6 Å². The lowest BCUT2D eigenvalue weighted by atomic mass is 10.0. The molecular formula is C17H25N3O2. The Labute approximate surface area is 132 Å². The molecule has 3 rings (SSSR count). The van der Waals surface area contributed by atoms with E-state index < -0.39 is 6.10 Å². The largest absolute Gasteiger partial charge is 0.478 e. The molecule has 1 aromatic carbocycles. The van der Waals surface area contributed by atoms with E-state index in [1.807, 2.05) is 0 Å². The van der Waals surface area contributed by atoms with Crippen LogP contribution in [0.1, 0.15) is 31.4 Å². The smallest absolute Gasteiger partial charge is 0.265 e.